The average molecular weight is 389 g/mol. The fraction of sp³-hybridized carbons (Fsp3) is 0.182. The number of aromatic amines is 1. The Morgan fingerprint density at radius 3 is 2.79 bits per heavy atom. The Kier molecular flexibility index (Phi) is 5.47. The van der Waals surface area contributed by atoms with Crippen molar-refractivity contribution >= 4 is 28.4 Å². The van der Waals surface area contributed by atoms with E-state index < -0.39 is 0 Å². The van der Waals surface area contributed by atoms with Crippen molar-refractivity contribution in [3.63, 3.8) is 0 Å². The van der Waals surface area contributed by atoms with Gasteiger partial charge in [0.1, 0.15) is 17.3 Å². The van der Waals surface area contributed by atoms with Gasteiger partial charge in [-0.15, -0.1) is 0 Å². The maximum Gasteiger partial charge on any atom is 0.224 e. The zero-order chi connectivity index (χ0) is 20.1. The number of nitrogens with zero attached hydrogens (tertiary/aromatic N) is 2. The second-order valence-electron chi connectivity index (χ2n) is 6.49. The SMILES string of the molecule is COc1ccc(Nc2ccnc(NCCc3c[nH]c4ccccc34)n2)c(OC)c1. The number of aromatic nitrogens is 3. The summed E-state index contributed by atoms with van der Waals surface area (Å²) in [6, 6.07) is 15.7. The van der Waals surface area contributed by atoms with E-state index in [1.54, 1.807) is 20.4 Å². The normalized spacial score (nSPS) is 10.7. The molecule has 0 radical (unpaired) electrons. The van der Waals surface area contributed by atoms with E-state index in [9.17, 15) is 0 Å². The molecule has 0 aliphatic rings. The van der Waals surface area contributed by atoms with Gasteiger partial charge in [0, 0.05) is 35.9 Å². The van der Waals surface area contributed by atoms with Crippen LogP contribution in [0.15, 0.2) is 60.9 Å². The molecule has 0 saturated carbocycles. The first-order valence-electron chi connectivity index (χ1n) is 9.38. The van der Waals surface area contributed by atoms with Crippen LogP contribution in [-0.4, -0.2) is 35.7 Å². The number of anilines is 3. The van der Waals surface area contributed by atoms with E-state index in [2.05, 4.69) is 50.0 Å². The standard InChI is InChI=1S/C22H23N5O2/c1-28-16-7-8-19(20(13-16)29-2)26-21-10-12-24-22(27-21)23-11-9-15-14-25-18-6-4-3-5-17(15)18/h3-8,10,12-14,25H,9,11H2,1-2H3,(H2,23,24,26,27). The van der Waals surface area contributed by atoms with Crippen LogP contribution in [0.5, 0.6) is 11.5 Å². The van der Waals surface area contributed by atoms with Crippen LogP contribution in [0.3, 0.4) is 0 Å². The monoisotopic (exact) mass is 389 g/mol. The minimum Gasteiger partial charge on any atom is -0.497 e. The summed E-state index contributed by atoms with van der Waals surface area (Å²) < 4.78 is 10.7. The number of para-hydroxylation sites is 1. The van der Waals surface area contributed by atoms with Crippen molar-refractivity contribution in [2.24, 2.45) is 0 Å². The first kappa shape index (κ1) is 18.6. The Balaban J connectivity index is 1.41. The smallest absolute Gasteiger partial charge is 0.224 e. The molecule has 4 rings (SSSR count). The second kappa shape index (κ2) is 8.52. The van der Waals surface area contributed by atoms with E-state index in [0.29, 0.717) is 17.5 Å². The number of H-pyrrole nitrogens is 1. The highest BCUT2D eigenvalue weighted by Crippen LogP contribution is 2.31. The molecular weight excluding hydrogens is 366 g/mol. The number of rotatable bonds is 8. The van der Waals surface area contributed by atoms with Crippen molar-refractivity contribution in [1.82, 2.24) is 15.0 Å². The van der Waals surface area contributed by atoms with E-state index in [1.165, 1.54) is 10.9 Å². The number of ether oxygens (including phenoxy) is 2. The Morgan fingerprint density at radius 1 is 1.03 bits per heavy atom. The van der Waals surface area contributed by atoms with Crippen LogP contribution < -0.4 is 20.1 Å². The van der Waals surface area contributed by atoms with Gasteiger partial charge in [0.2, 0.25) is 5.95 Å². The summed E-state index contributed by atoms with van der Waals surface area (Å²) in [6.07, 6.45) is 4.65. The Labute approximate surface area is 169 Å². The van der Waals surface area contributed by atoms with Crippen molar-refractivity contribution < 1.29 is 9.47 Å². The highest BCUT2D eigenvalue weighted by atomic mass is 16.5. The summed E-state index contributed by atoms with van der Waals surface area (Å²) in [5, 5.41) is 7.81. The van der Waals surface area contributed by atoms with Crippen molar-refractivity contribution in [2.75, 3.05) is 31.4 Å². The zero-order valence-corrected chi connectivity index (χ0v) is 16.4. The first-order chi connectivity index (χ1) is 14.3. The minimum absolute atomic E-state index is 0.572. The fourth-order valence-corrected chi connectivity index (χ4v) is 3.20. The summed E-state index contributed by atoms with van der Waals surface area (Å²) in [6.45, 7) is 0.733. The molecular formula is C22H23N5O2. The number of methoxy groups -OCH3 is 2. The molecule has 0 saturated heterocycles. The molecule has 0 atom stereocenters. The molecule has 29 heavy (non-hydrogen) atoms. The third-order valence-corrected chi connectivity index (χ3v) is 4.68. The van der Waals surface area contributed by atoms with Crippen LogP contribution in [0.4, 0.5) is 17.5 Å². The predicted octanol–water partition coefficient (Wildman–Crippen LogP) is 4.37. The number of nitrogens with one attached hydrogen (secondary N) is 3. The number of fused-ring (bicyclic) bond motifs is 1. The van der Waals surface area contributed by atoms with Gasteiger partial charge in [0.15, 0.2) is 0 Å². The lowest BCUT2D eigenvalue weighted by Gasteiger charge is -2.12. The Hall–Kier alpha value is -3.74. The van der Waals surface area contributed by atoms with Gasteiger partial charge in [-0.25, -0.2) is 4.98 Å². The van der Waals surface area contributed by atoms with Gasteiger partial charge < -0.3 is 25.1 Å². The topological polar surface area (TPSA) is 84.1 Å². The lowest BCUT2D eigenvalue weighted by molar-refractivity contribution is 0.395. The van der Waals surface area contributed by atoms with Crippen LogP contribution in [0.2, 0.25) is 0 Å². The van der Waals surface area contributed by atoms with Gasteiger partial charge in [0.05, 0.1) is 19.9 Å². The zero-order valence-electron chi connectivity index (χ0n) is 16.4. The molecule has 7 heteroatoms. The number of hydrogen-bond acceptors (Lipinski definition) is 6. The Bertz CT molecular complexity index is 1110. The quantitative estimate of drug-likeness (QED) is 0.415. The summed E-state index contributed by atoms with van der Waals surface area (Å²) in [7, 11) is 3.25. The lowest BCUT2D eigenvalue weighted by atomic mass is 10.1. The number of benzene rings is 2. The maximum atomic E-state index is 5.43. The van der Waals surface area contributed by atoms with Crippen LogP contribution in [0, 0.1) is 0 Å². The molecule has 2 aromatic heterocycles. The minimum atomic E-state index is 0.572. The van der Waals surface area contributed by atoms with E-state index in [1.807, 2.05) is 30.3 Å². The van der Waals surface area contributed by atoms with Gasteiger partial charge >= 0.3 is 0 Å². The highest BCUT2D eigenvalue weighted by molar-refractivity contribution is 5.83. The second-order valence-corrected chi connectivity index (χ2v) is 6.49. The average Bonchev–Trinajstić information content (AvgIpc) is 3.17. The van der Waals surface area contributed by atoms with E-state index in [-0.39, 0.29) is 0 Å². The summed E-state index contributed by atoms with van der Waals surface area (Å²) in [5.41, 5.74) is 3.22. The molecule has 0 bridgehead atoms. The summed E-state index contributed by atoms with van der Waals surface area (Å²) >= 11 is 0. The maximum absolute atomic E-state index is 5.43. The van der Waals surface area contributed by atoms with Crippen LogP contribution >= 0.6 is 0 Å². The van der Waals surface area contributed by atoms with Crippen molar-refractivity contribution in [1.29, 1.82) is 0 Å². The fourth-order valence-electron chi connectivity index (χ4n) is 3.20. The van der Waals surface area contributed by atoms with Crippen LogP contribution in [0.25, 0.3) is 10.9 Å². The molecule has 7 nitrogen and oxygen atoms in total. The third kappa shape index (κ3) is 4.24. The third-order valence-electron chi connectivity index (χ3n) is 4.68. The van der Waals surface area contributed by atoms with Gasteiger partial charge in [-0.2, -0.15) is 4.98 Å². The molecule has 0 aliphatic carbocycles. The first-order valence-corrected chi connectivity index (χ1v) is 9.38. The van der Waals surface area contributed by atoms with E-state index >= 15 is 0 Å². The molecule has 0 amide bonds. The summed E-state index contributed by atoms with van der Waals surface area (Å²) in [4.78, 5) is 12.2. The van der Waals surface area contributed by atoms with Crippen LogP contribution in [0.1, 0.15) is 5.56 Å². The van der Waals surface area contributed by atoms with Crippen molar-refractivity contribution in [3.05, 3.63) is 66.5 Å². The molecule has 2 aromatic carbocycles. The van der Waals surface area contributed by atoms with E-state index in [4.69, 9.17) is 9.47 Å². The van der Waals surface area contributed by atoms with Gasteiger partial charge in [-0.05, 0) is 36.2 Å². The lowest BCUT2D eigenvalue weighted by Crippen LogP contribution is -2.08. The molecule has 0 aliphatic heterocycles. The molecule has 0 unspecified atom stereocenters. The van der Waals surface area contributed by atoms with Gasteiger partial charge in [0.25, 0.3) is 0 Å². The molecule has 0 fully saturated rings. The van der Waals surface area contributed by atoms with Crippen molar-refractivity contribution in [3.8, 4) is 11.5 Å². The predicted molar refractivity (Wildman–Crippen MR) is 115 cm³/mol. The van der Waals surface area contributed by atoms with Gasteiger partial charge in [-0.3, -0.25) is 0 Å². The van der Waals surface area contributed by atoms with Crippen molar-refractivity contribution in [2.45, 2.75) is 6.42 Å². The summed E-state index contributed by atoms with van der Waals surface area (Å²) in [5.74, 6) is 2.66. The Morgan fingerprint density at radius 2 is 1.93 bits per heavy atom. The molecule has 0 spiro atoms. The number of hydrogen-bond donors (Lipinski definition) is 3. The largest absolute Gasteiger partial charge is 0.497 e. The molecule has 148 valence electrons. The van der Waals surface area contributed by atoms with E-state index in [0.717, 1.165) is 29.9 Å². The molecule has 2 heterocycles. The van der Waals surface area contributed by atoms with Crippen LogP contribution in [-0.2, 0) is 6.42 Å². The van der Waals surface area contributed by atoms with Gasteiger partial charge in [-0.1, -0.05) is 18.2 Å². The molecule has 4 aromatic rings. The molecule has 3 N–H and O–H groups in total. The highest BCUT2D eigenvalue weighted by Gasteiger charge is 2.07.